The molecule has 6 nitrogen and oxygen atoms in total. The minimum absolute atomic E-state index is 0.0714. The minimum atomic E-state index is -2.53. The molecule has 1 heterocycles. The summed E-state index contributed by atoms with van der Waals surface area (Å²) in [7, 11) is 1.54. The minimum Gasteiger partial charge on any atom is -0.324 e. The third-order valence-electron chi connectivity index (χ3n) is 2.81. The summed E-state index contributed by atoms with van der Waals surface area (Å²) < 4.78 is 25.8. The predicted octanol–water partition coefficient (Wildman–Crippen LogP) is 1.49. The van der Waals surface area contributed by atoms with Crippen LogP contribution in [-0.2, 0) is 13.1 Å². The summed E-state index contributed by atoms with van der Waals surface area (Å²) in [5, 5.41) is 6.40. The van der Waals surface area contributed by atoms with Crippen LogP contribution >= 0.6 is 0 Å². The van der Waals surface area contributed by atoms with Crippen LogP contribution < -0.4 is 5.32 Å². The van der Waals surface area contributed by atoms with E-state index in [-0.39, 0.29) is 18.6 Å². The Labute approximate surface area is 122 Å². The maximum Gasteiger partial charge on any atom is 0.318 e. The topological polar surface area (TPSA) is 63.1 Å². The fourth-order valence-corrected chi connectivity index (χ4v) is 1.72. The highest BCUT2D eigenvalue weighted by molar-refractivity contribution is 5.74. The summed E-state index contributed by atoms with van der Waals surface area (Å²) >= 11 is 0. The van der Waals surface area contributed by atoms with Crippen LogP contribution in [0.4, 0.5) is 13.6 Å². The van der Waals surface area contributed by atoms with Crippen LogP contribution in [0.1, 0.15) is 25.6 Å². The van der Waals surface area contributed by atoms with Crippen molar-refractivity contribution in [3.05, 3.63) is 12.2 Å². The van der Waals surface area contributed by atoms with Gasteiger partial charge >= 0.3 is 6.03 Å². The van der Waals surface area contributed by atoms with Crippen LogP contribution in [0.15, 0.2) is 6.33 Å². The number of hydrogen-bond donors (Lipinski definition) is 1. The number of terminal acetylenes is 1. The van der Waals surface area contributed by atoms with Crippen LogP contribution in [0.3, 0.4) is 0 Å². The van der Waals surface area contributed by atoms with E-state index in [4.69, 9.17) is 6.42 Å². The van der Waals surface area contributed by atoms with Crippen molar-refractivity contribution in [2.75, 3.05) is 7.05 Å². The number of aromatic nitrogens is 3. The quantitative estimate of drug-likeness (QED) is 0.776. The van der Waals surface area contributed by atoms with E-state index in [1.807, 2.05) is 6.92 Å². The first-order valence-corrected chi connectivity index (χ1v) is 6.60. The van der Waals surface area contributed by atoms with Crippen molar-refractivity contribution in [1.82, 2.24) is 25.0 Å². The second-order valence-electron chi connectivity index (χ2n) is 4.56. The van der Waals surface area contributed by atoms with Gasteiger partial charge in [-0.3, -0.25) is 0 Å². The molecule has 0 aromatic carbocycles. The van der Waals surface area contributed by atoms with E-state index in [9.17, 15) is 13.6 Å². The van der Waals surface area contributed by atoms with Crippen molar-refractivity contribution in [2.24, 2.45) is 0 Å². The summed E-state index contributed by atoms with van der Waals surface area (Å²) in [6, 6.07) is -0.720. The molecule has 0 aliphatic carbocycles. The average molecular weight is 299 g/mol. The lowest BCUT2D eigenvalue weighted by Gasteiger charge is -2.20. The van der Waals surface area contributed by atoms with Crippen molar-refractivity contribution in [3.63, 3.8) is 0 Å². The van der Waals surface area contributed by atoms with Crippen molar-refractivity contribution in [2.45, 2.75) is 45.3 Å². The van der Waals surface area contributed by atoms with Crippen LogP contribution in [0, 0.1) is 12.3 Å². The largest absolute Gasteiger partial charge is 0.324 e. The van der Waals surface area contributed by atoms with E-state index in [0.717, 1.165) is 11.1 Å². The number of urea groups is 1. The molecule has 1 N–H and O–H groups in total. The number of halogens is 2. The molecule has 21 heavy (non-hydrogen) atoms. The van der Waals surface area contributed by atoms with Gasteiger partial charge in [-0.15, -0.1) is 6.42 Å². The SMILES string of the molecule is C#CC(CCC)NC(=O)N(C)Cc1ncnn1CC(F)F. The van der Waals surface area contributed by atoms with Crippen LogP contribution in [0.5, 0.6) is 0 Å². The summed E-state index contributed by atoms with van der Waals surface area (Å²) in [4.78, 5) is 17.2. The zero-order valence-electron chi connectivity index (χ0n) is 12.1. The molecule has 1 aromatic rings. The molecule has 0 saturated carbocycles. The van der Waals surface area contributed by atoms with Gasteiger partial charge < -0.3 is 10.2 Å². The van der Waals surface area contributed by atoms with Crippen molar-refractivity contribution < 1.29 is 13.6 Å². The molecule has 8 heteroatoms. The summed E-state index contributed by atoms with van der Waals surface area (Å²) in [6.07, 6.45) is 5.51. The summed E-state index contributed by atoms with van der Waals surface area (Å²) in [5.74, 6) is 2.79. The maximum atomic E-state index is 12.4. The number of carbonyl (C=O) groups is 1. The molecule has 0 fully saturated rings. The highest BCUT2D eigenvalue weighted by Crippen LogP contribution is 2.04. The van der Waals surface area contributed by atoms with E-state index < -0.39 is 13.0 Å². The highest BCUT2D eigenvalue weighted by Gasteiger charge is 2.17. The molecule has 0 aliphatic heterocycles. The first-order chi connectivity index (χ1) is 9.97. The second kappa shape index (κ2) is 8.19. The van der Waals surface area contributed by atoms with Gasteiger partial charge in [-0.05, 0) is 6.42 Å². The van der Waals surface area contributed by atoms with E-state index >= 15 is 0 Å². The molecule has 0 radical (unpaired) electrons. The molecule has 0 spiro atoms. The Morgan fingerprint density at radius 3 is 2.90 bits per heavy atom. The lowest BCUT2D eigenvalue weighted by molar-refractivity contribution is 0.119. The van der Waals surface area contributed by atoms with Crippen LogP contribution in [0.25, 0.3) is 0 Å². The van der Waals surface area contributed by atoms with Crippen molar-refractivity contribution >= 4 is 6.03 Å². The molecular formula is C13H19F2N5O. The predicted molar refractivity (Wildman–Crippen MR) is 73.6 cm³/mol. The molecule has 116 valence electrons. The van der Waals surface area contributed by atoms with Crippen LogP contribution in [-0.4, -0.2) is 45.2 Å². The molecule has 0 saturated heterocycles. The smallest absolute Gasteiger partial charge is 0.318 e. The standard InChI is InChI=1S/C13H19F2N5O/c1-4-6-10(5-2)18-13(21)19(3)8-12-16-9-17-20(12)7-11(14)15/h2,9-11H,4,6-8H2,1,3H3,(H,18,21). The lowest BCUT2D eigenvalue weighted by atomic mass is 10.2. The molecule has 1 rings (SSSR count). The molecule has 0 bridgehead atoms. The fraction of sp³-hybridized carbons (Fsp3) is 0.615. The van der Waals surface area contributed by atoms with Gasteiger partial charge in [-0.2, -0.15) is 5.10 Å². The summed E-state index contributed by atoms with van der Waals surface area (Å²) in [6.45, 7) is 1.49. The van der Waals surface area contributed by atoms with Crippen molar-refractivity contribution in [3.8, 4) is 12.3 Å². The van der Waals surface area contributed by atoms with Gasteiger partial charge in [0.15, 0.2) is 0 Å². The summed E-state index contributed by atoms with van der Waals surface area (Å²) in [5.41, 5.74) is 0. The van der Waals surface area contributed by atoms with E-state index in [0.29, 0.717) is 12.2 Å². The molecule has 1 atom stereocenters. The maximum absolute atomic E-state index is 12.4. The first-order valence-electron chi connectivity index (χ1n) is 6.60. The molecular weight excluding hydrogens is 280 g/mol. The third-order valence-corrected chi connectivity index (χ3v) is 2.81. The Morgan fingerprint density at radius 1 is 1.62 bits per heavy atom. The van der Waals surface area contributed by atoms with Crippen molar-refractivity contribution in [1.29, 1.82) is 0 Å². The Morgan fingerprint density at radius 2 is 2.33 bits per heavy atom. The van der Waals surface area contributed by atoms with E-state index in [1.54, 1.807) is 0 Å². The van der Waals surface area contributed by atoms with Gasteiger partial charge in [-0.25, -0.2) is 23.2 Å². The zero-order chi connectivity index (χ0) is 15.8. The Hall–Kier alpha value is -2.17. The van der Waals surface area contributed by atoms with Crippen LogP contribution in [0.2, 0.25) is 0 Å². The monoisotopic (exact) mass is 299 g/mol. The Balaban J connectivity index is 2.60. The number of nitrogens with one attached hydrogen (secondary N) is 1. The van der Waals surface area contributed by atoms with Gasteiger partial charge in [0.05, 0.1) is 12.6 Å². The van der Waals surface area contributed by atoms with E-state index in [1.165, 1.54) is 18.3 Å². The molecule has 1 aromatic heterocycles. The number of amides is 2. The van der Waals surface area contributed by atoms with Gasteiger partial charge in [0, 0.05) is 7.05 Å². The lowest BCUT2D eigenvalue weighted by Crippen LogP contribution is -2.42. The van der Waals surface area contributed by atoms with Gasteiger partial charge in [0.2, 0.25) is 0 Å². The normalized spacial score (nSPS) is 12.0. The zero-order valence-corrected chi connectivity index (χ0v) is 12.1. The number of alkyl halides is 2. The van der Waals surface area contributed by atoms with Gasteiger partial charge in [0.1, 0.15) is 18.7 Å². The number of rotatable bonds is 7. The van der Waals surface area contributed by atoms with Gasteiger partial charge in [0.25, 0.3) is 6.43 Å². The average Bonchev–Trinajstić information content (AvgIpc) is 2.84. The number of hydrogen-bond acceptors (Lipinski definition) is 3. The number of carbonyl (C=O) groups excluding carboxylic acids is 1. The molecule has 2 amide bonds. The third kappa shape index (κ3) is 5.38. The van der Waals surface area contributed by atoms with E-state index in [2.05, 4.69) is 21.3 Å². The molecule has 1 unspecified atom stereocenters. The number of nitrogens with zero attached hydrogens (tertiary/aromatic N) is 4. The Kier molecular flexibility index (Phi) is 6.59. The first kappa shape index (κ1) is 16.9. The second-order valence-corrected chi connectivity index (χ2v) is 4.56. The Bertz CT molecular complexity index is 497. The van der Waals surface area contributed by atoms with Gasteiger partial charge in [-0.1, -0.05) is 19.3 Å². The molecule has 0 aliphatic rings. The highest BCUT2D eigenvalue weighted by atomic mass is 19.3. The fourth-order valence-electron chi connectivity index (χ4n) is 1.72.